The molecule has 14 atom stereocenters. The van der Waals surface area contributed by atoms with Gasteiger partial charge in [-0.1, -0.05) is 26.0 Å². The molecular formula is C30H44O3. The van der Waals surface area contributed by atoms with Crippen molar-refractivity contribution in [2.45, 2.75) is 65.2 Å². The van der Waals surface area contributed by atoms with Crippen LogP contribution in [0.4, 0.5) is 0 Å². The third-order valence-corrected chi connectivity index (χ3v) is 12.4. The van der Waals surface area contributed by atoms with E-state index in [1.807, 2.05) is 0 Å². The molecule has 182 valence electrons. The standard InChI is InChI=1S/C14H20O.C14H18O.C2H6O/c2*1-14(7-15)6-10-5-11(14)13-9-3-2-8(4-9)12(10)13;1-3-2/h7-13H,2-6H2,1H3;2-3,7-13H,4-6H2,1H3;1-2H3. The molecule has 8 aliphatic rings. The Kier molecular flexibility index (Phi) is 5.30. The average Bonchev–Trinajstić information content (AvgIpc) is 3.62. The van der Waals surface area contributed by atoms with Crippen LogP contribution in [-0.2, 0) is 14.3 Å². The quantitative estimate of drug-likeness (QED) is 0.301. The lowest BCUT2D eigenvalue weighted by molar-refractivity contribution is -0.121. The van der Waals surface area contributed by atoms with Gasteiger partial charge in [0.15, 0.2) is 0 Å². The number of hydrogen-bond acceptors (Lipinski definition) is 3. The fourth-order valence-corrected chi connectivity index (χ4v) is 11.6. The minimum Gasteiger partial charge on any atom is -0.388 e. The molecule has 0 amide bonds. The fourth-order valence-electron chi connectivity index (χ4n) is 11.6. The van der Waals surface area contributed by atoms with E-state index in [0.717, 1.165) is 65.1 Å². The van der Waals surface area contributed by atoms with Gasteiger partial charge in [-0.15, -0.1) is 0 Å². The van der Waals surface area contributed by atoms with Gasteiger partial charge in [-0.05, 0) is 122 Å². The minimum absolute atomic E-state index is 0.0319. The molecular weight excluding hydrogens is 408 g/mol. The van der Waals surface area contributed by atoms with Crippen LogP contribution >= 0.6 is 0 Å². The normalized spacial score (nSPS) is 59.0. The Bertz CT molecular complexity index is 834. The molecule has 14 unspecified atom stereocenters. The highest BCUT2D eigenvalue weighted by molar-refractivity contribution is 5.61. The maximum Gasteiger partial charge on any atom is 0.126 e. The first kappa shape index (κ1) is 22.5. The van der Waals surface area contributed by atoms with Crippen LogP contribution in [-0.4, -0.2) is 26.8 Å². The molecule has 7 saturated carbocycles. The van der Waals surface area contributed by atoms with Gasteiger partial charge in [0.1, 0.15) is 12.6 Å². The van der Waals surface area contributed by atoms with Crippen molar-refractivity contribution in [1.29, 1.82) is 0 Å². The molecule has 0 aromatic heterocycles. The van der Waals surface area contributed by atoms with Crippen molar-refractivity contribution in [2.75, 3.05) is 14.2 Å². The van der Waals surface area contributed by atoms with Crippen molar-refractivity contribution in [3.63, 3.8) is 0 Å². The molecule has 0 spiro atoms. The number of aldehydes is 2. The molecule has 0 saturated heterocycles. The van der Waals surface area contributed by atoms with Crippen molar-refractivity contribution in [2.24, 2.45) is 81.8 Å². The Balaban J connectivity index is 0.000000112. The van der Waals surface area contributed by atoms with Gasteiger partial charge in [0, 0.05) is 25.0 Å². The van der Waals surface area contributed by atoms with E-state index >= 15 is 0 Å². The number of rotatable bonds is 2. The molecule has 0 N–H and O–H groups in total. The molecule has 8 bridgehead atoms. The third kappa shape index (κ3) is 3.02. The minimum atomic E-state index is 0.0319. The zero-order valence-electron chi connectivity index (χ0n) is 21.1. The number of carbonyl (C=O) groups is 2. The smallest absolute Gasteiger partial charge is 0.126 e. The summed E-state index contributed by atoms with van der Waals surface area (Å²) in [5.74, 6) is 10.9. The number of hydrogen-bond donors (Lipinski definition) is 0. The summed E-state index contributed by atoms with van der Waals surface area (Å²) in [5.41, 5.74) is 0.0977. The number of ether oxygens (including phenoxy) is 1. The Morgan fingerprint density at radius 1 is 0.667 bits per heavy atom. The topological polar surface area (TPSA) is 43.4 Å². The molecule has 8 aliphatic carbocycles. The van der Waals surface area contributed by atoms with Gasteiger partial charge in [0.2, 0.25) is 0 Å². The highest BCUT2D eigenvalue weighted by Gasteiger charge is 2.66. The van der Waals surface area contributed by atoms with Crippen molar-refractivity contribution < 1.29 is 14.3 Å². The van der Waals surface area contributed by atoms with Crippen LogP contribution in [0.2, 0.25) is 0 Å². The van der Waals surface area contributed by atoms with Crippen LogP contribution in [0.1, 0.15) is 65.2 Å². The summed E-state index contributed by atoms with van der Waals surface area (Å²) in [7, 11) is 3.25. The van der Waals surface area contributed by atoms with Gasteiger partial charge >= 0.3 is 0 Å². The number of fused-ring (bicyclic) bond motifs is 18. The number of methoxy groups -OCH3 is 1. The van der Waals surface area contributed by atoms with Gasteiger partial charge in [0.25, 0.3) is 0 Å². The molecule has 0 aromatic carbocycles. The van der Waals surface area contributed by atoms with Crippen molar-refractivity contribution in [1.82, 2.24) is 0 Å². The van der Waals surface area contributed by atoms with Crippen molar-refractivity contribution in [3.05, 3.63) is 12.2 Å². The summed E-state index contributed by atoms with van der Waals surface area (Å²) in [6.45, 7) is 4.43. The van der Waals surface area contributed by atoms with Crippen LogP contribution in [0, 0.1) is 81.8 Å². The average molecular weight is 453 g/mol. The SMILES string of the molecule is CC1(C=O)CC2CC1C1C3C=CC(C3)C21.CC1(C=O)CC2CC1C1C3CCC(C3)C21.COC. The van der Waals surface area contributed by atoms with Gasteiger partial charge in [0.05, 0.1) is 0 Å². The first-order valence-electron chi connectivity index (χ1n) is 13.9. The Hall–Kier alpha value is -0.960. The first-order chi connectivity index (χ1) is 15.9. The summed E-state index contributed by atoms with van der Waals surface area (Å²) < 4.78 is 4.25. The molecule has 7 fully saturated rings. The van der Waals surface area contributed by atoms with Gasteiger partial charge in [-0.2, -0.15) is 0 Å². The molecule has 3 heteroatoms. The van der Waals surface area contributed by atoms with E-state index in [9.17, 15) is 9.59 Å². The predicted octanol–water partition coefficient (Wildman–Crippen LogP) is 5.83. The van der Waals surface area contributed by atoms with Gasteiger partial charge in [-0.25, -0.2) is 0 Å². The van der Waals surface area contributed by atoms with E-state index in [4.69, 9.17) is 0 Å². The van der Waals surface area contributed by atoms with E-state index in [0.29, 0.717) is 5.92 Å². The molecule has 0 aliphatic heterocycles. The van der Waals surface area contributed by atoms with Crippen LogP contribution in [0.15, 0.2) is 12.2 Å². The zero-order valence-corrected chi connectivity index (χ0v) is 21.1. The van der Waals surface area contributed by atoms with Crippen LogP contribution in [0.25, 0.3) is 0 Å². The molecule has 8 rings (SSSR count). The fraction of sp³-hybridized carbons (Fsp3) is 0.867. The molecule has 0 radical (unpaired) electrons. The zero-order chi connectivity index (χ0) is 23.1. The monoisotopic (exact) mass is 452 g/mol. The second-order valence-electron chi connectivity index (χ2n) is 13.9. The van der Waals surface area contributed by atoms with Gasteiger partial charge < -0.3 is 14.3 Å². The Morgan fingerprint density at radius 2 is 1.15 bits per heavy atom. The highest BCUT2D eigenvalue weighted by Crippen LogP contribution is 2.72. The first-order valence-corrected chi connectivity index (χ1v) is 13.9. The van der Waals surface area contributed by atoms with E-state index in [-0.39, 0.29) is 10.8 Å². The summed E-state index contributed by atoms with van der Waals surface area (Å²) in [5, 5.41) is 0. The van der Waals surface area contributed by atoms with E-state index < -0.39 is 0 Å². The maximum atomic E-state index is 11.3. The molecule has 3 nitrogen and oxygen atoms in total. The second-order valence-corrected chi connectivity index (χ2v) is 13.9. The molecule has 0 aromatic rings. The van der Waals surface area contributed by atoms with E-state index in [2.05, 4.69) is 30.7 Å². The van der Waals surface area contributed by atoms with Crippen molar-refractivity contribution in [3.8, 4) is 0 Å². The summed E-state index contributed by atoms with van der Waals surface area (Å²) in [6.07, 6.45) is 18.5. The Morgan fingerprint density at radius 3 is 1.73 bits per heavy atom. The molecule has 33 heavy (non-hydrogen) atoms. The lowest BCUT2D eigenvalue weighted by Crippen LogP contribution is -2.39. The summed E-state index contributed by atoms with van der Waals surface area (Å²) in [6, 6.07) is 0. The van der Waals surface area contributed by atoms with E-state index in [1.54, 1.807) is 14.2 Å². The van der Waals surface area contributed by atoms with Crippen LogP contribution in [0.5, 0.6) is 0 Å². The number of allylic oxidation sites excluding steroid dienone is 2. The molecule has 0 heterocycles. The van der Waals surface area contributed by atoms with Crippen molar-refractivity contribution >= 4 is 12.6 Å². The summed E-state index contributed by atoms with van der Waals surface area (Å²) >= 11 is 0. The second kappa shape index (κ2) is 7.77. The number of carbonyl (C=O) groups excluding carboxylic acids is 2. The predicted molar refractivity (Wildman–Crippen MR) is 129 cm³/mol. The lowest BCUT2D eigenvalue weighted by atomic mass is 9.62. The summed E-state index contributed by atoms with van der Waals surface area (Å²) in [4.78, 5) is 22.6. The Labute approximate surface area is 200 Å². The largest absolute Gasteiger partial charge is 0.388 e. The van der Waals surface area contributed by atoms with Crippen LogP contribution < -0.4 is 0 Å². The lowest BCUT2D eigenvalue weighted by Gasteiger charge is -2.42. The highest BCUT2D eigenvalue weighted by atomic mass is 16.4. The van der Waals surface area contributed by atoms with Crippen LogP contribution in [0.3, 0.4) is 0 Å². The van der Waals surface area contributed by atoms with E-state index in [1.165, 1.54) is 63.9 Å². The maximum absolute atomic E-state index is 11.3. The van der Waals surface area contributed by atoms with Gasteiger partial charge in [-0.3, -0.25) is 0 Å². The third-order valence-electron chi connectivity index (χ3n) is 12.4.